The molecule has 2 aromatic heterocycles. The Labute approximate surface area is 144 Å². The maximum Gasteiger partial charge on any atom is 0.229 e. The summed E-state index contributed by atoms with van der Waals surface area (Å²) >= 11 is 0. The number of hydrogen-bond acceptors (Lipinski definition) is 6. The van der Waals surface area contributed by atoms with Crippen LogP contribution in [0.25, 0.3) is 11.5 Å². The molecule has 130 valence electrons. The summed E-state index contributed by atoms with van der Waals surface area (Å²) in [5.74, 6) is 2.49. The highest BCUT2D eigenvalue weighted by atomic mass is 19.1. The van der Waals surface area contributed by atoms with Gasteiger partial charge in [-0.1, -0.05) is 17.3 Å². The summed E-state index contributed by atoms with van der Waals surface area (Å²) in [4.78, 5) is 10.9. The summed E-state index contributed by atoms with van der Waals surface area (Å²) in [6, 6.07) is 6.46. The van der Waals surface area contributed by atoms with Gasteiger partial charge in [0.15, 0.2) is 5.82 Å². The fourth-order valence-electron chi connectivity index (χ4n) is 2.71. The zero-order chi connectivity index (χ0) is 17.4. The minimum Gasteiger partial charge on any atom is -0.441 e. The van der Waals surface area contributed by atoms with E-state index in [1.807, 2.05) is 18.9 Å². The number of aryl methyl sites for hydroxylation is 1. The second-order valence-electron chi connectivity index (χ2n) is 6.50. The molecular weight excluding hydrogens is 323 g/mol. The van der Waals surface area contributed by atoms with Crippen LogP contribution in [-0.4, -0.2) is 27.1 Å². The van der Waals surface area contributed by atoms with Crippen molar-refractivity contribution >= 4 is 0 Å². The number of nitrogens with zero attached hydrogens (tertiary/aromatic N) is 4. The highest BCUT2D eigenvalue weighted by Crippen LogP contribution is 2.38. The van der Waals surface area contributed by atoms with Gasteiger partial charge in [0, 0.05) is 12.5 Å². The van der Waals surface area contributed by atoms with Gasteiger partial charge < -0.3 is 8.94 Å². The van der Waals surface area contributed by atoms with E-state index in [1.165, 1.54) is 6.07 Å². The van der Waals surface area contributed by atoms with E-state index in [1.54, 1.807) is 18.2 Å². The van der Waals surface area contributed by atoms with Gasteiger partial charge in [-0.05, 0) is 38.9 Å². The van der Waals surface area contributed by atoms with Crippen LogP contribution in [0.4, 0.5) is 4.39 Å². The van der Waals surface area contributed by atoms with Gasteiger partial charge >= 0.3 is 0 Å². The SMILES string of the molecule is Cc1oc(-c2ccccc2F)nc1CN(C)Cc1noc(C2CC2)n1. The molecule has 4 rings (SSSR count). The van der Waals surface area contributed by atoms with E-state index in [-0.39, 0.29) is 5.82 Å². The normalized spacial score (nSPS) is 14.4. The van der Waals surface area contributed by atoms with Crippen LogP contribution >= 0.6 is 0 Å². The van der Waals surface area contributed by atoms with E-state index in [2.05, 4.69) is 15.1 Å². The molecule has 0 aliphatic heterocycles. The minimum atomic E-state index is -0.344. The van der Waals surface area contributed by atoms with Crippen LogP contribution in [0.5, 0.6) is 0 Å². The Bertz CT molecular complexity index is 885. The largest absolute Gasteiger partial charge is 0.441 e. The van der Waals surface area contributed by atoms with Gasteiger partial charge in [-0.25, -0.2) is 9.37 Å². The standard InChI is InChI=1S/C18H19FN4O2/c1-11-15(20-18(24-11)13-5-3-4-6-14(13)19)9-23(2)10-16-21-17(25-22-16)12-7-8-12/h3-6,12H,7-10H2,1-2H3. The lowest BCUT2D eigenvalue weighted by atomic mass is 10.2. The van der Waals surface area contributed by atoms with Crippen molar-refractivity contribution in [3.05, 3.63) is 53.3 Å². The van der Waals surface area contributed by atoms with Crippen molar-refractivity contribution in [2.24, 2.45) is 0 Å². The van der Waals surface area contributed by atoms with E-state index < -0.39 is 0 Å². The highest BCUT2D eigenvalue weighted by Gasteiger charge is 2.29. The van der Waals surface area contributed by atoms with Gasteiger partial charge in [0.2, 0.25) is 11.8 Å². The number of rotatable bonds is 6. The Hall–Kier alpha value is -2.54. The summed E-state index contributed by atoms with van der Waals surface area (Å²) in [5, 5.41) is 4.02. The maximum atomic E-state index is 13.9. The topological polar surface area (TPSA) is 68.2 Å². The lowest BCUT2D eigenvalue weighted by molar-refractivity contribution is 0.295. The molecule has 1 aliphatic carbocycles. The number of hydrogen-bond donors (Lipinski definition) is 0. The van der Waals surface area contributed by atoms with Crippen molar-refractivity contribution in [2.45, 2.75) is 38.8 Å². The molecule has 0 saturated heterocycles. The molecule has 0 amide bonds. The minimum absolute atomic E-state index is 0.301. The fraction of sp³-hybridized carbons (Fsp3) is 0.389. The predicted molar refractivity (Wildman–Crippen MR) is 88.1 cm³/mol. The molecule has 3 aromatic rings. The summed E-state index contributed by atoms with van der Waals surface area (Å²) < 4.78 is 24.8. The third-order valence-electron chi connectivity index (χ3n) is 4.24. The van der Waals surface area contributed by atoms with Crippen LogP contribution in [0.1, 0.15) is 41.9 Å². The lowest BCUT2D eigenvalue weighted by Gasteiger charge is -2.12. The van der Waals surface area contributed by atoms with Gasteiger partial charge in [-0.2, -0.15) is 4.98 Å². The molecule has 0 unspecified atom stereocenters. The average molecular weight is 342 g/mol. The van der Waals surface area contributed by atoms with E-state index in [4.69, 9.17) is 8.94 Å². The smallest absolute Gasteiger partial charge is 0.229 e. The summed E-state index contributed by atoms with van der Waals surface area (Å²) in [5.41, 5.74) is 1.14. The van der Waals surface area contributed by atoms with Gasteiger partial charge in [0.05, 0.1) is 17.8 Å². The number of benzene rings is 1. The molecule has 0 atom stereocenters. The van der Waals surface area contributed by atoms with E-state index in [0.717, 1.165) is 24.4 Å². The molecular formula is C18H19FN4O2. The van der Waals surface area contributed by atoms with Gasteiger partial charge in [0.1, 0.15) is 11.6 Å². The first kappa shape index (κ1) is 16.0. The molecule has 7 heteroatoms. The monoisotopic (exact) mass is 342 g/mol. The Morgan fingerprint density at radius 3 is 2.76 bits per heavy atom. The number of halogens is 1. The molecule has 1 saturated carbocycles. The van der Waals surface area contributed by atoms with Crippen molar-refractivity contribution in [3.63, 3.8) is 0 Å². The molecule has 1 aromatic carbocycles. The summed E-state index contributed by atoms with van der Waals surface area (Å²) in [6.45, 7) is 2.94. The zero-order valence-corrected chi connectivity index (χ0v) is 14.2. The Morgan fingerprint density at radius 2 is 2.00 bits per heavy atom. The van der Waals surface area contributed by atoms with Gasteiger partial charge in [-0.3, -0.25) is 4.90 Å². The molecule has 6 nitrogen and oxygen atoms in total. The van der Waals surface area contributed by atoms with Gasteiger partial charge in [-0.15, -0.1) is 0 Å². The molecule has 0 spiro atoms. The molecule has 25 heavy (non-hydrogen) atoms. The van der Waals surface area contributed by atoms with E-state index in [9.17, 15) is 4.39 Å². The molecule has 2 heterocycles. The molecule has 0 radical (unpaired) electrons. The molecule has 1 aliphatic rings. The maximum absolute atomic E-state index is 13.9. The second-order valence-corrected chi connectivity index (χ2v) is 6.50. The quantitative estimate of drug-likeness (QED) is 0.681. The number of aromatic nitrogens is 3. The Morgan fingerprint density at radius 1 is 1.20 bits per heavy atom. The van der Waals surface area contributed by atoms with Crippen molar-refractivity contribution in [2.75, 3.05) is 7.05 Å². The Balaban J connectivity index is 1.45. The molecule has 0 bridgehead atoms. The first-order chi connectivity index (χ1) is 12.1. The van der Waals surface area contributed by atoms with E-state index in [0.29, 0.717) is 42.0 Å². The van der Waals surface area contributed by atoms with Crippen molar-refractivity contribution in [1.29, 1.82) is 0 Å². The van der Waals surface area contributed by atoms with Crippen molar-refractivity contribution in [1.82, 2.24) is 20.0 Å². The number of oxazole rings is 1. The first-order valence-corrected chi connectivity index (χ1v) is 8.32. The lowest BCUT2D eigenvalue weighted by Crippen LogP contribution is -2.18. The van der Waals surface area contributed by atoms with Crippen LogP contribution < -0.4 is 0 Å². The highest BCUT2D eigenvalue weighted by molar-refractivity contribution is 5.54. The van der Waals surface area contributed by atoms with E-state index >= 15 is 0 Å². The van der Waals surface area contributed by atoms with Crippen LogP contribution in [0.3, 0.4) is 0 Å². The predicted octanol–water partition coefficient (Wildman–Crippen LogP) is 3.68. The third kappa shape index (κ3) is 3.46. The second kappa shape index (κ2) is 6.40. The summed E-state index contributed by atoms with van der Waals surface area (Å²) in [6.07, 6.45) is 2.27. The van der Waals surface area contributed by atoms with Crippen LogP contribution in [0.2, 0.25) is 0 Å². The fourth-order valence-corrected chi connectivity index (χ4v) is 2.71. The van der Waals surface area contributed by atoms with Crippen molar-refractivity contribution in [3.8, 4) is 11.5 Å². The molecule has 1 fully saturated rings. The van der Waals surface area contributed by atoms with Gasteiger partial charge in [0.25, 0.3) is 0 Å². The van der Waals surface area contributed by atoms with Crippen molar-refractivity contribution < 1.29 is 13.3 Å². The Kier molecular flexibility index (Phi) is 4.09. The molecule has 0 N–H and O–H groups in total. The van der Waals surface area contributed by atoms with Crippen LogP contribution in [0.15, 0.2) is 33.2 Å². The summed E-state index contributed by atoms with van der Waals surface area (Å²) in [7, 11) is 1.95. The third-order valence-corrected chi connectivity index (χ3v) is 4.24. The average Bonchev–Trinajstić information content (AvgIpc) is 3.24. The van der Waals surface area contributed by atoms with Crippen LogP contribution in [0, 0.1) is 12.7 Å². The zero-order valence-electron chi connectivity index (χ0n) is 14.2. The first-order valence-electron chi connectivity index (χ1n) is 8.32. The van der Waals surface area contributed by atoms with Crippen LogP contribution in [-0.2, 0) is 13.1 Å².